The number of imidazole rings is 1. The van der Waals surface area contributed by atoms with Gasteiger partial charge in [0, 0.05) is 11.9 Å². The zero-order valence-electron chi connectivity index (χ0n) is 16.8. The molecule has 3 nitrogen and oxygen atoms in total. The van der Waals surface area contributed by atoms with E-state index in [1.807, 2.05) is 6.07 Å². The second kappa shape index (κ2) is 8.95. The summed E-state index contributed by atoms with van der Waals surface area (Å²) in [4.78, 5) is 4.24. The fourth-order valence-electron chi connectivity index (χ4n) is 3.25. The number of hydrogen-bond acceptors (Lipinski definition) is 2. The molecule has 0 N–H and O–H groups in total. The number of hydrogen-bond donors (Lipinski definition) is 0. The van der Waals surface area contributed by atoms with Gasteiger partial charge >= 0.3 is 12.4 Å². The van der Waals surface area contributed by atoms with E-state index in [4.69, 9.17) is 5.26 Å². The number of aromatic nitrogens is 2. The zero-order valence-corrected chi connectivity index (χ0v) is 16.8. The number of rotatable bonds is 5. The van der Waals surface area contributed by atoms with Crippen molar-refractivity contribution in [2.24, 2.45) is 0 Å². The van der Waals surface area contributed by atoms with E-state index in [-0.39, 0.29) is 25.0 Å². The van der Waals surface area contributed by atoms with Crippen LogP contribution >= 0.6 is 0 Å². The van der Waals surface area contributed by atoms with E-state index in [1.165, 1.54) is 36.5 Å². The van der Waals surface area contributed by atoms with Crippen LogP contribution in [0.2, 0.25) is 0 Å². The summed E-state index contributed by atoms with van der Waals surface area (Å²) in [5.41, 5.74) is 0.0746. The summed E-state index contributed by atoms with van der Waals surface area (Å²) < 4.78 is 80.7. The average Bonchev–Trinajstić information content (AvgIpc) is 3.06. The Morgan fingerprint density at radius 1 is 1.03 bits per heavy atom. The van der Waals surface area contributed by atoms with Crippen molar-refractivity contribution in [1.29, 1.82) is 5.26 Å². The van der Waals surface area contributed by atoms with E-state index in [0.717, 1.165) is 24.3 Å². The van der Waals surface area contributed by atoms with E-state index in [9.17, 15) is 26.3 Å². The van der Waals surface area contributed by atoms with E-state index in [1.54, 1.807) is 11.5 Å². The van der Waals surface area contributed by atoms with E-state index in [0.29, 0.717) is 16.9 Å². The highest BCUT2D eigenvalue weighted by atomic mass is 19.4. The first-order valence-electron chi connectivity index (χ1n) is 9.42. The third-order valence-electron chi connectivity index (χ3n) is 4.83. The number of benzene rings is 2. The summed E-state index contributed by atoms with van der Waals surface area (Å²) in [6.45, 7) is 1.72. The molecule has 0 spiro atoms. The number of halogens is 6. The van der Waals surface area contributed by atoms with Gasteiger partial charge in [-0.15, -0.1) is 0 Å². The molecular weight excluding hydrogens is 431 g/mol. The standard InChI is InChI=1S/C22H16BF6N3/c1-14-13-31-20(32(14)9-8-30)23-19(16-5-3-7-18(12-16)22(27,28)29)11-15-4-2-6-17(10-15)21(24,25)26/h2-7,10-13,23H,9H2,1H3. The van der Waals surface area contributed by atoms with Gasteiger partial charge in [0.2, 0.25) is 7.28 Å². The second-order valence-corrected chi connectivity index (χ2v) is 7.11. The van der Waals surface area contributed by atoms with Gasteiger partial charge in [0.15, 0.2) is 0 Å². The molecule has 0 fully saturated rings. The van der Waals surface area contributed by atoms with Crippen molar-refractivity contribution in [3.63, 3.8) is 0 Å². The Bertz CT molecular complexity index is 1190. The summed E-state index contributed by atoms with van der Waals surface area (Å²) in [7, 11) is 0.0209. The van der Waals surface area contributed by atoms with Crippen molar-refractivity contribution in [3.05, 3.63) is 82.7 Å². The van der Waals surface area contributed by atoms with Crippen LogP contribution in [0.3, 0.4) is 0 Å². The van der Waals surface area contributed by atoms with Gasteiger partial charge in [-0.1, -0.05) is 35.8 Å². The molecule has 0 aliphatic rings. The number of nitriles is 1. The van der Waals surface area contributed by atoms with Crippen LogP contribution in [-0.4, -0.2) is 16.8 Å². The average molecular weight is 447 g/mol. The predicted molar refractivity (Wildman–Crippen MR) is 110 cm³/mol. The Morgan fingerprint density at radius 2 is 1.66 bits per heavy atom. The van der Waals surface area contributed by atoms with Crippen LogP contribution in [0.5, 0.6) is 0 Å². The third kappa shape index (κ3) is 5.41. The number of alkyl halides is 6. The van der Waals surface area contributed by atoms with Gasteiger partial charge in [-0.3, -0.25) is 4.98 Å². The summed E-state index contributed by atoms with van der Waals surface area (Å²) in [5, 5.41) is 9.06. The Morgan fingerprint density at radius 3 is 2.28 bits per heavy atom. The molecule has 0 radical (unpaired) electrons. The van der Waals surface area contributed by atoms with E-state index >= 15 is 0 Å². The van der Waals surface area contributed by atoms with Gasteiger partial charge in [-0.25, -0.2) is 0 Å². The fourth-order valence-corrected chi connectivity index (χ4v) is 3.25. The molecule has 0 atom stereocenters. The van der Waals surface area contributed by atoms with Gasteiger partial charge in [0.05, 0.1) is 22.9 Å². The predicted octanol–water partition coefficient (Wildman–Crippen LogP) is 5.01. The molecule has 0 unspecified atom stereocenters. The maximum atomic E-state index is 13.2. The van der Waals surface area contributed by atoms with Gasteiger partial charge in [0.25, 0.3) is 0 Å². The van der Waals surface area contributed by atoms with Gasteiger partial charge in [-0.2, -0.15) is 31.6 Å². The third-order valence-corrected chi connectivity index (χ3v) is 4.83. The first-order chi connectivity index (χ1) is 15.0. The normalized spacial score (nSPS) is 12.5. The van der Waals surface area contributed by atoms with Crippen LogP contribution in [0.25, 0.3) is 11.5 Å². The first-order valence-corrected chi connectivity index (χ1v) is 9.42. The van der Waals surface area contributed by atoms with Gasteiger partial charge < -0.3 is 4.57 Å². The molecule has 0 bridgehead atoms. The van der Waals surface area contributed by atoms with Crippen LogP contribution in [0, 0.1) is 18.3 Å². The minimum atomic E-state index is -4.58. The molecule has 0 aliphatic carbocycles. The van der Waals surface area contributed by atoms with Gasteiger partial charge in [-0.05, 0) is 42.3 Å². The molecule has 3 aromatic rings. The minimum Gasteiger partial charge on any atom is -0.326 e. The Hall–Kier alpha value is -3.48. The second-order valence-electron chi connectivity index (χ2n) is 7.11. The van der Waals surface area contributed by atoms with Crippen molar-refractivity contribution in [1.82, 2.24) is 9.55 Å². The smallest absolute Gasteiger partial charge is 0.326 e. The van der Waals surface area contributed by atoms with Crippen molar-refractivity contribution in [3.8, 4) is 6.07 Å². The highest BCUT2D eigenvalue weighted by Crippen LogP contribution is 2.32. The molecule has 164 valence electrons. The van der Waals surface area contributed by atoms with Gasteiger partial charge in [0.1, 0.15) is 6.54 Å². The highest BCUT2D eigenvalue weighted by Gasteiger charge is 2.31. The largest absolute Gasteiger partial charge is 0.416 e. The van der Waals surface area contributed by atoms with Crippen LogP contribution in [0.15, 0.2) is 54.7 Å². The molecule has 10 heteroatoms. The lowest BCUT2D eigenvalue weighted by Crippen LogP contribution is -2.28. The lowest BCUT2D eigenvalue weighted by Gasteiger charge is -2.13. The van der Waals surface area contributed by atoms with E-state index < -0.39 is 23.5 Å². The van der Waals surface area contributed by atoms with Crippen molar-refractivity contribution in [2.45, 2.75) is 25.8 Å². The monoisotopic (exact) mass is 447 g/mol. The Labute approximate surface area is 180 Å². The van der Waals surface area contributed by atoms with Crippen molar-refractivity contribution < 1.29 is 26.3 Å². The topological polar surface area (TPSA) is 41.6 Å². The van der Waals surface area contributed by atoms with Crippen LogP contribution in [-0.2, 0) is 18.9 Å². The first kappa shape index (κ1) is 23.2. The molecule has 0 amide bonds. The van der Waals surface area contributed by atoms with Crippen LogP contribution in [0.4, 0.5) is 26.3 Å². The lowest BCUT2D eigenvalue weighted by molar-refractivity contribution is -0.138. The molecule has 1 aromatic heterocycles. The molecule has 1 heterocycles. The SMILES string of the molecule is Cc1cnc(BC(=Cc2cccc(C(F)(F)F)c2)c2cccc(C(F)(F)F)c2)n1CC#N. The molecule has 0 saturated heterocycles. The number of nitrogens with zero attached hydrogens (tertiary/aromatic N) is 3. The summed E-state index contributed by atoms with van der Waals surface area (Å²) in [6, 6.07) is 11.1. The highest BCUT2D eigenvalue weighted by molar-refractivity contribution is 6.73. The maximum absolute atomic E-state index is 13.2. The quantitative estimate of drug-likeness (QED) is 0.314. The summed E-state index contributed by atoms with van der Waals surface area (Å²) in [5.74, 6) is 0. The summed E-state index contributed by atoms with van der Waals surface area (Å²) in [6.07, 6.45) is -6.19. The number of aryl methyl sites for hydroxylation is 1. The molecule has 32 heavy (non-hydrogen) atoms. The molecule has 0 aliphatic heterocycles. The molecule has 0 saturated carbocycles. The molecule has 2 aromatic carbocycles. The Balaban J connectivity index is 2.13. The maximum Gasteiger partial charge on any atom is 0.416 e. The molecule has 3 rings (SSSR count). The van der Waals surface area contributed by atoms with Crippen molar-refractivity contribution in [2.75, 3.05) is 0 Å². The minimum absolute atomic E-state index is 0.0133. The summed E-state index contributed by atoms with van der Waals surface area (Å²) >= 11 is 0. The molecular formula is C22H16BF6N3. The fraction of sp³-hybridized carbons (Fsp3) is 0.182. The van der Waals surface area contributed by atoms with E-state index in [2.05, 4.69) is 4.98 Å². The van der Waals surface area contributed by atoms with Crippen molar-refractivity contribution >= 4 is 24.6 Å². The lowest BCUT2D eigenvalue weighted by atomic mass is 9.65. The van der Waals surface area contributed by atoms with Crippen LogP contribution < -0.4 is 5.72 Å². The van der Waals surface area contributed by atoms with Crippen LogP contribution in [0.1, 0.15) is 27.9 Å². The Kier molecular flexibility index (Phi) is 6.48. The zero-order chi connectivity index (χ0) is 23.5.